The maximum Gasteiger partial charge on any atom is 0.188 e. The highest BCUT2D eigenvalue weighted by Gasteiger charge is 2.18. The molecule has 0 spiro atoms. The van der Waals surface area contributed by atoms with Gasteiger partial charge in [0.2, 0.25) is 0 Å². The molecular weight excluding hydrogens is 200 g/mol. The van der Waals surface area contributed by atoms with E-state index in [4.69, 9.17) is 5.11 Å². The fourth-order valence-electron chi connectivity index (χ4n) is 1.92. The molecule has 0 aromatic heterocycles. The van der Waals surface area contributed by atoms with Gasteiger partial charge in [0.1, 0.15) is 6.61 Å². The second-order valence-corrected chi connectivity index (χ2v) is 5.32. The number of hydrogen-bond acceptors (Lipinski definition) is 2. The Bertz CT molecular complexity index is 388. The van der Waals surface area contributed by atoms with Gasteiger partial charge in [-0.1, -0.05) is 32.9 Å². The summed E-state index contributed by atoms with van der Waals surface area (Å²) in [6.45, 7) is 9.87. The molecular formula is C14H20O2. The number of carbonyl (C=O) groups is 1. The van der Waals surface area contributed by atoms with Crippen molar-refractivity contribution in [2.45, 2.75) is 40.0 Å². The average molecular weight is 220 g/mol. The molecule has 2 nitrogen and oxygen atoms in total. The Morgan fingerprint density at radius 3 is 1.94 bits per heavy atom. The van der Waals surface area contributed by atoms with Gasteiger partial charge in [0.05, 0.1) is 0 Å². The van der Waals surface area contributed by atoms with Crippen molar-refractivity contribution in [2.24, 2.45) is 0 Å². The van der Waals surface area contributed by atoms with E-state index in [0.717, 1.165) is 11.1 Å². The Labute approximate surface area is 97.3 Å². The fraction of sp³-hybridized carbons (Fsp3) is 0.500. The Balaban J connectivity index is 3.34. The molecule has 0 unspecified atom stereocenters. The first-order chi connectivity index (χ1) is 7.27. The topological polar surface area (TPSA) is 37.3 Å². The summed E-state index contributed by atoms with van der Waals surface area (Å²) in [6.07, 6.45) is 0. The molecule has 0 amide bonds. The maximum atomic E-state index is 11.6. The quantitative estimate of drug-likeness (QED) is 0.778. The molecule has 1 aromatic carbocycles. The van der Waals surface area contributed by atoms with Crippen molar-refractivity contribution in [2.75, 3.05) is 6.61 Å². The third kappa shape index (κ3) is 2.50. The minimum absolute atomic E-state index is 0.0797. The Morgan fingerprint density at radius 2 is 1.62 bits per heavy atom. The molecule has 0 atom stereocenters. The lowest BCUT2D eigenvalue weighted by Crippen LogP contribution is -2.15. The SMILES string of the molecule is Cc1cc(C(C)(C)C)cc(C)c1C(=O)CO. The third-order valence-corrected chi connectivity index (χ3v) is 2.82. The van der Waals surface area contributed by atoms with E-state index in [1.165, 1.54) is 5.56 Å². The van der Waals surface area contributed by atoms with Crippen LogP contribution >= 0.6 is 0 Å². The van der Waals surface area contributed by atoms with Gasteiger partial charge in [-0.3, -0.25) is 4.79 Å². The van der Waals surface area contributed by atoms with E-state index in [0.29, 0.717) is 5.56 Å². The van der Waals surface area contributed by atoms with Crippen molar-refractivity contribution in [3.8, 4) is 0 Å². The fourth-order valence-corrected chi connectivity index (χ4v) is 1.92. The second-order valence-electron chi connectivity index (χ2n) is 5.32. The number of ketones is 1. The highest BCUT2D eigenvalue weighted by atomic mass is 16.3. The molecule has 16 heavy (non-hydrogen) atoms. The molecule has 0 aliphatic heterocycles. The molecule has 0 bridgehead atoms. The first-order valence-corrected chi connectivity index (χ1v) is 5.53. The number of benzene rings is 1. The maximum absolute atomic E-state index is 11.6. The van der Waals surface area contributed by atoms with Crippen molar-refractivity contribution in [1.29, 1.82) is 0 Å². The summed E-state index contributed by atoms with van der Waals surface area (Å²) in [5.74, 6) is -0.199. The van der Waals surface area contributed by atoms with E-state index in [1.807, 2.05) is 26.0 Å². The molecule has 1 aromatic rings. The van der Waals surface area contributed by atoms with E-state index in [1.54, 1.807) is 0 Å². The predicted molar refractivity (Wildman–Crippen MR) is 66.0 cm³/mol. The first-order valence-electron chi connectivity index (χ1n) is 5.53. The monoisotopic (exact) mass is 220 g/mol. The van der Waals surface area contributed by atoms with Crippen LogP contribution in [0.5, 0.6) is 0 Å². The number of aliphatic hydroxyl groups is 1. The number of aryl methyl sites for hydroxylation is 2. The van der Waals surface area contributed by atoms with Gasteiger partial charge in [-0.15, -0.1) is 0 Å². The lowest BCUT2D eigenvalue weighted by atomic mass is 9.83. The smallest absolute Gasteiger partial charge is 0.188 e. The zero-order valence-electron chi connectivity index (χ0n) is 10.7. The van der Waals surface area contributed by atoms with Gasteiger partial charge in [0.25, 0.3) is 0 Å². The van der Waals surface area contributed by atoms with Crippen LogP contribution in [0.15, 0.2) is 12.1 Å². The molecule has 1 rings (SSSR count). The number of Topliss-reactive ketones (excluding diaryl/α,β-unsaturated/α-hetero) is 1. The molecule has 0 aliphatic carbocycles. The molecule has 0 saturated heterocycles. The Morgan fingerprint density at radius 1 is 1.19 bits per heavy atom. The van der Waals surface area contributed by atoms with Crippen LogP contribution in [0.2, 0.25) is 0 Å². The summed E-state index contributed by atoms with van der Waals surface area (Å²) in [6, 6.07) is 4.08. The van der Waals surface area contributed by atoms with E-state index >= 15 is 0 Å². The predicted octanol–water partition coefficient (Wildman–Crippen LogP) is 2.78. The molecule has 0 saturated carbocycles. The summed E-state index contributed by atoms with van der Waals surface area (Å²) >= 11 is 0. The van der Waals surface area contributed by atoms with Crippen LogP contribution in [0.4, 0.5) is 0 Å². The van der Waals surface area contributed by atoms with Crippen LogP contribution in [-0.2, 0) is 5.41 Å². The normalized spacial score (nSPS) is 11.6. The first kappa shape index (κ1) is 12.9. The minimum atomic E-state index is -0.420. The molecule has 0 radical (unpaired) electrons. The molecule has 0 aliphatic rings. The van der Waals surface area contributed by atoms with Gasteiger partial charge in [-0.05, 0) is 36.0 Å². The molecule has 0 fully saturated rings. The van der Waals surface area contributed by atoms with Crippen molar-refractivity contribution < 1.29 is 9.90 Å². The van der Waals surface area contributed by atoms with Gasteiger partial charge in [0, 0.05) is 5.56 Å². The van der Waals surface area contributed by atoms with Crippen LogP contribution in [0, 0.1) is 13.8 Å². The van der Waals surface area contributed by atoms with Crippen molar-refractivity contribution in [1.82, 2.24) is 0 Å². The zero-order valence-corrected chi connectivity index (χ0v) is 10.7. The Kier molecular flexibility index (Phi) is 3.54. The lowest BCUT2D eigenvalue weighted by Gasteiger charge is -2.21. The van der Waals surface area contributed by atoms with Gasteiger partial charge in [0.15, 0.2) is 5.78 Å². The van der Waals surface area contributed by atoms with E-state index < -0.39 is 6.61 Å². The van der Waals surface area contributed by atoms with Gasteiger partial charge < -0.3 is 5.11 Å². The molecule has 88 valence electrons. The molecule has 1 N–H and O–H groups in total. The van der Waals surface area contributed by atoms with Gasteiger partial charge >= 0.3 is 0 Å². The third-order valence-electron chi connectivity index (χ3n) is 2.82. The summed E-state index contributed by atoms with van der Waals surface area (Å²) < 4.78 is 0. The van der Waals surface area contributed by atoms with Crippen LogP contribution in [0.25, 0.3) is 0 Å². The lowest BCUT2D eigenvalue weighted by molar-refractivity contribution is 0.0902. The van der Waals surface area contributed by atoms with Crippen molar-refractivity contribution >= 4 is 5.78 Å². The van der Waals surface area contributed by atoms with Crippen LogP contribution < -0.4 is 0 Å². The second kappa shape index (κ2) is 4.38. The van der Waals surface area contributed by atoms with Crippen LogP contribution in [-0.4, -0.2) is 17.5 Å². The van der Waals surface area contributed by atoms with Crippen molar-refractivity contribution in [3.63, 3.8) is 0 Å². The number of rotatable bonds is 2. The van der Waals surface area contributed by atoms with E-state index in [9.17, 15) is 4.79 Å². The largest absolute Gasteiger partial charge is 0.388 e. The van der Waals surface area contributed by atoms with E-state index in [2.05, 4.69) is 20.8 Å². The van der Waals surface area contributed by atoms with Gasteiger partial charge in [-0.25, -0.2) is 0 Å². The Hall–Kier alpha value is -1.15. The van der Waals surface area contributed by atoms with Crippen LogP contribution in [0.1, 0.15) is 47.8 Å². The highest BCUT2D eigenvalue weighted by Crippen LogP contribution is 2.26. The minimum Gasteiger partial charge on any atom is -0.388 e. The summed E-state index contributed by atoms with van der Waals surface area (Å²) in [5.41, 5.74) is 3.86. The molecule has 2 heteroatoms. The highest BCUT2D eigenvalue weighted by molar-refractivity contribution is 5.99. The van der Waals surface area contributed by atoms with E-state index in [-0.39, 0.29) is 11.2 Å². The zero-order chi connectivity index (χ0) is 12.5. The number of aliphatic hydroxyl groups excluding tert-OH is 1. The van der Waals surface area contributed by atoms with Gasteiger partial charge in [-0.2, -0.15) is 0 Å². The summed E-state index contributed by atoms with van der Waals surface area (Å²) in [7, 11) is 0. The average Bonchev–Trinajstić information content (AvgIpc) is 2.14. The molecule has 0 heterocycles. The van der Waals surface area contributed by atoms with Crippen molar-refractivity contribution in [3.05, 3.63) is 34.4 Å². The summed E-state index contributed by atoms with van der Waals surface area (Å²) in [5, 5.41) is 8.92. The number of hydrogen-bond donors (Lipinski definition) is 1. The number of carbonyl (C=O) groups excluding carboxylic acids is 1. The van der Waals surface area contributed by atoms with Crippen LogP contribution in [0.3, 0.4) is 0 Å². The standard InChI is InChI=1S/C14H20O2/c1-9-6-11(14(3,4)5)7-10(2)13(9)12(16)8-15/h6-7,15H,8H2,1-5H3. The summed E-state index contributed by atoms with van der Waals surface area (Å²) in [4.78, 5) is 11.6.